The Hall–Kier alpha value is -1.53. The van der Waals surface area contributed by atoms with Crippen LogP contribution in [-0.2, 0) is 0 Å². The van der Waals surface area contributed by atoms with Crippen LogP contribution in [0.25, 0.3) is 11.0 Å². The molecule has 0 unspecified atom stereocenters. The maximum absolute atomic E-state index is 11.8. The van der Waals surface area contributed by atoms with Crippen molar-refractivity contribution in [2.45, 2.75) is 0 Å². The molecule has 0 saturated heterocycles. The van der Waals surface area contributed by atoms with Crippen LogP contribution in [0.2, 0.25) is 0 Å². The van der Waals surface area contributed by atoms with E-state index in [0.717, 1.165) is 11.0 Å². The molecule has 4 nitrogen and oxygen atoms in total. The van der Waals surface area contributed by atoms with Gasteiger partial charge in [0, 0.05) is 19.7 Å². The molecule has 17 heavy (non-hydrogen) atoms. The fourth-order valence-electron chi connectivity index (χ4n) is 1.51. The Kier molecular flexibility index (Phi) is 3.08. The molecule has 0 fully saturated rings. The molecular weight excluding hydrogens is 254 g/mol. The summed E-state index contributed by atoms with van der Waals surface area (Å²) in [4.78, 5) is 19.3. The molecule has 0 saturated carbocycles. The molecule has 1 amide bonds. The largest absolute Gasteiger partial charge is 0.345 e. The van der Waals surface area contributed by atoms with Gasteiger partial charge >= 0.3 is 0 Å². The molecule has 0 aliphatic rings. The number of nitrogens with one attached hydrogen (secondary N) is 2. The number of carbonyl (C=O) groups excluding carboxylic acids is 1. The lowest BCUT2D eigenvalue weighted by Gasteiger charge is -2.10. The fraction of sp³-hybridized carbons (Fsp3) is 0.182. The normalized spacial score (nSPS) is 10.5. The Morgan fingerprint density at radius 3 is 2.29 bits per heavy atom. The zero-order chi connectivity index (χ0) is 12.6. The Morgan fingerprint density at radius 2 is 1.71 bits per heavy atom. The van der Waals surface area contributed by atoms with E-state index in [-0.39, 0.29) is 5.91 Å². The van der Waals surface area contributed by atoms with E-state index in [4.69, 9.17) is 24.4 Å². The molecule has 1 aromatic heterocycles. The van der Waals surface area contributed by atoms with Gasteiger partial charge in [0.1, 0.15) is 9.28 Å². The molecule has 2 N–H and O–H groups in total. The van der Waals surface area contributed by atoms with Crippen LogP contribution in [0.15, 0.2) is 18.2 Å². The van der Waals surface area contributed by atoms with Gasteiger partial charge in [-0.25, -0.2) is 0 Å². The Balaban J connectivity index is 2.66. The third-order valence-electron chi connectivity index (χ3n) is 2.38. The minimum Gasteiger partial charge on any atom is -0.345 e. The molecule has 0 aliphatic heterocycles. The van der Waals surface area contributed by atoms with Crippen LogP contribution in [0.5, 0.6) is 0 Å². The molecule has 0 atom stereocenters. The molecule has 0 spiro atoms. The van der Waals surface area contributed by atoms with Gasteiger partial charge in [0.25, 0.3) is 5.91 Å². The van der Waals surface area contributed by atoms with Gasteiger partial charge in [-0.2, -0.15) is 0 Å². The first-order valence-corrected chi connectivity index (χ1v) is 5.78. The minimum atomic E-state index is -0.0475. The van der Waals surface area contributed by atoms with Crippen molar-refractivity contribution in [3.05, 3.63) is 33.0 Å². The quantitative estimate of drug-likeness (QED) is 0.779. The van der Waals surface area contributed by atoms with E-state index in [2.05, 4.69) is 9.97 Å². The van der Waals surface area contributed by atoms with E-state index < -0.39 is 0 Å². The van der Waals surface area contributed by atoms with Gasteiger partial charge in [-0.05, 0) is 18.2 Å². The fourth-order valence-corrected chi connectivity index (χ4v) is 1.83. The van der Waals surface area contributed by atoms with Gasteiger partial charge in [-0.1, -0.05) is 24.4 Å². The number of rotatable bonds is 1. The molecule has 0 aliphatic carbocycles. The number of aromatic amines is 2. The summed E-state index contributed by atoms with van der Waals surface area (Å²) in [5.41, 5.74) is 2.22. The number of nitrogens with zero attached hydrogens (tertiary/aromatic N) is 1. The Labute approximate surface area is 108 Å². The van der Waals surface area contributed by atoms with E-state index in [1.807, 2.05) is 6.07 Å². The Morgan fingerprint density at radius 1 is 1.12 bits per heavy atom. The van der Waals surface area contributed by atoms with Crippen LogP contribution >= 0.6 is 24.4 Å². The number of hydrogen-bond acceptors (Lipinski definition) is 3. The number of benzene rings is 1. The SMILES string of the molecule is CN(C)C(=O)c1ccc2[nH]c(=S)c(=S)[nH]c2c1. The topological polar surface area (TPSA) is 51.9 Å². The summed E-state index contributed by atoms with van der Waals surface area (Å²) in [7, 11) is 3.43. The lowest BCUT2D eigenvalue weighted by atomic mass is 10.2. The number of H-pyrrole nitrogens is 2. The molecule has 1 aromatic carbocycles. The lowest BCUT2D eigenvalue weighted by Crippen LogP contribution is -2.21. The second-order valence-corrected chi connectivity index (χ2v) is 4.68. The van der Waals surface area contributed by atoms with Crippen molar-refractivity contribution in [3.63, 3.8) is 0 Å². The van der Waals surface area contributed by atoms with Crippen molar-refractivity contribution in [1.82, 2.24) is 14.9 Å². The summed E-state index contributed by atoms with van der Waals surface area (Å²) in [6.07, 6.45) is 0. The first-order valence-electron chi connectivity index (χ1n) is 4.97. The van der Waals surface area contributed by atoms with Crippen molar-refractivity contribution in [2.75, 3.05) is 14.1 Å². The smallest absolute Gasteiger partial charge is 0.253 e. The van der Waals surface area contributed by atoms with Crippen molar-refractivity contribution < 1.29 is 4.79 Å². The van der Waals surface area contributed by atoms with Crippen molar-refractivity contribution >= 4 is 41.4 Å². The maximum atomic E-state index is 11.8. The van der Waals surface area contributed by atoms with E-state index in [1.165, 1.54) is 4.90 Å². The van der Waals surface area contributed by atoms with Crippen LogP contribution in [0, 0.1) is 9.28 Å². The van der Waals surface area contributed by atoms with Gasteiger partial charge < -0.3 is 14.9 Å². The highest BCUT2D eigenvalue weighted by Crippen LogP contribution is 2.13. The molecule has 2 aromatic rings. The van der Waals surface area contributed by atoms with Gasteiger partial charge in [0.15, 0.2) is 0 Å². The first-order chi connectivity index (χ1) is 7.99. The third-order valence-corrected chi connectivity index (χ3v) is 3.12. The van der Waals surface area contributed by atoms with Gasteiger partial charge in [-0.15, -0.1) is 0 Å². The zero-order valence-electron chi connectivity index (χ0n) is 9.40. The second kappa shape index (κ2) is 4.38. The first kappa shape index (κ1) is 11.9. The lowest BCUT2D eigenvalue weighted by molar-refractivity contribution is 0.0828. The molecule has 6 heteroatoms. The van der Waals surface area contributed by atoms with E-state index in [0.29, 0.717) is 14.8 Å². The summed E-state index contributed by atoms with van der Waals surface area (Å²) >= 11 is 10.1. The molecule has 0 bridgehead atoms. The predicted molar refractivity (Wildman–Crippen MR) is 72.3 cm³/mol. The van der Waals surface area contributed by atoms with Gasteiger partial charge in [0.05, 0.1) is 11.0 Å². The average molecular weight is 265 g/mol. The standard InChI is InChI=1S/C11H11N3OS2/c1-14(2)11(15)6-3-4-7-8(5-6)13-10(17)9(16)12-7/h3-5H,1-2H3,(H,12,16)(H,13,17). The van der Waals surface area contributed by atoms with E-state index in [1.54, 1.807) is 26.2 Å². The number of aromatic nitrogens is 2. The van der Waals surface area contributed by atoms with Gasteiger partial charge in [-0.3, -0.25) is 4.79 Å². The van der Waals surface area contributed by atoms with Crippen LogP contribution in [0.1, 0.15) is 10.4 Å². The molecule has 0 radical (unpaired) electrons. The highest BCUT2D eigenvalue weighted by Gasteiger charge is 2.08. The number of fused-ring (bicyclic) bond motifs is 1. The van der Waals surface area contributed by atoms with Crippen LogP contribution in [-0.4, -0.2) is 34.9 Å². The average Bonchev–Trinajstić information content (AvgIpc) is 2.29. The van der Waals surface area contributed by atoms with E-state index in [9.17, 15) is 4.79 Å². The van der Waals surface area contributed by atoms with Crippen molar-refractivity contribution in [1.29, 1.82) is 0 Å². The zero-order valence-corrected chi connectivity index (χ0v) is 11.0. The highest BCUT2D eigenvalue weighted by molar-refractivity contribution is 7.73. The van der Waals surface area contributed by atoms with Gasteiger partial charge in [0.2, 0.25) is 0 Å². The number of carbonyl (C=O) groups is 1. The Bertz CT molecular complexity index is 700. The predicted octanol–water partition coefficient (Wildman–Crippen LogP) is 2.66. The second-order valence-electron chi connectivity index (χ2n) is 3.87. The summed E-state index contributed by atoms with van der Waals surface area (Å²) in [6, 6.07) is 5.33. The highest BCUT2D eigenvalue weighted by atomic mass is 32.1. The monoisotopic (exact) mass is 265 g/mol. The molecule has 2 rings (SSSR count). The summed E-state index contributed by atoms with van der Waals surface area (Å²) in [5, 5.41) is 0. The summed E-state index contributed by atoms with van der Waals surface area (Å²) in [5.74, 6) is -0.0475. The number of amides is 1. The van der Waals surface area contributed by atoms with Crippen LogP contribution < -0.4 is 0 Å². The summed E-state index contributed by atoms with van der Waals surface area (Å²) < 4.78 is 0.973. The van der Waals surface area contributed by atoms with Crippen LogP contribution in [0.4, 0.5) is 0 Å². The number of hydrogen-bond donors (Lipinski definition) is 2. The van der Waals surface area contributed by atoms with Crippen molar-refractivity contribution in [2.24, 2.45) is 0 Å². The molecule has 88 valence electrons. The van der Waals surface area contributed by atoms with Crippen molar-refractivity contribution in [3.8, 4) is 0 Å². The third kappa shape index (κ3) is 2.27. The maximum Gasteiger partial charge on any atom is 0.253 e. The van der Waals surface area contributed by atoms with Crippen LogP contribution in [0.3, 0.4) is 0 Å². The molecular formula is C11H11N3OS2. The minimum absolute atomic E-state index is 0.0475. The summed E-state index contributed by atoms with van der Waals surface area (Å²) in [6.45, 7) is 0. The van der Waals surface area contributed by atoms with E-state index >= 15 is 0 Å². The molecule has 1 heterocycles.